The van der Waals surface area contributed by atoms with E-state index in [1.807, 2.05) is 0 Å². The van der Waals surface area contributed by atoms with E-state index < -0.39 is 0 Å². The van der Waals surface area contributed by atoms with Crippen LogP contribution in [0.5, 0.6) is 0 Å². The van der Waals surface area contributed by atoms with Gasteiger partial charge in [-0.15, -0.1) is 12.3 Å². The number of aromatic nitrogens is 1. The Kier molecular flexibility index (Phi) is 3.85. The molecule has 0 aliphatic heterocycles. The van der Waals surface area contributed by atoms with Gasteiger partial charge in [0, 0.05) is 30.1 Å². The molecular formula is C15H18N2. The van der Waals surface area contributed by atoms with Gasteiger partial charge in [0.1, 0.15) is 0 Å². The van der Waals surface area contributed by atoms with Crippen LogP contribution in [0.4, 0.5) is 0 Å². The van der Waals surface area contributed by atoms with Gasteiger partial charge >= 0.3 is 0 Å². The minimum Gasteiger partial charge on any atom is -0.347 e. The fourth-order valence-electron chi connectivity index (χ4n) is 2.21. The van der Waals surface area contributed by atoms with E-state index >= 15 is 0 Å². The minimum atomic E-state index is 0.693. The molecule has 88 valence electrons. The largest absolute Gasteiger partial charge is 0.347 e. The van der Waals surface area contributed by atoms with E-state index in [0.29, 0.717) is 6.54 Å². The first-order valence-corrected chi connectivity index (χ1v) is 6.07. The summed E-state index contributed by atoms with van der Waals surface area (Å²) < 4.78 is 2.29. The van der Waals surface area contributed by atoms with Crippen molar-refractivity contribution >= 4 is 10.9 Å². The number of para-hydroxylation sites is 1. The minimum absolute atomic E-state index is 0.693. The second kappa shape index (κ2) is 5.56. The van der Waals surface area contributed by atoms with Crippen molar-refractivity contribution in [2.45, 2.75) is 25.8 Å². The van der Waals surface area contributed by atoms with Crippen LogP contribution in [-0.2, 0) is 13.0 Å². The summed E-state index contributed by atoms with van der Waals surface area (Å²) in [5.41, 5.74) is 8.27. The van der Waals surface area contributed by atoms with Gasteiger partial charge in [0.2, 0.25) is 0 Å². The molecule has 17 heavy (non-hydrogen) atoms. The van der Waals surface area contributed by atoms with Crippen LogP contribution in [0.1, 0.15) is 18.4 Å². The van der Waals surface area contributed by atoms with Crippen molar-refractivity contribution < 1.29 is 0 Å². The number of fused-ring (bicyclic) bond motifs is 1. The average molecular weight is 226 g/mol. The standard InChI is InChI=1S/C15H18N2/c1-2-3-6-11-17-12-13(9-10-16)14-7-4-5-8-15(14)17/h1,4-5,7-8,12H,3,6,9-11,16H2. The van der Waals surface area contributed by atoms with Crippen molar-refractivity contribution in [3.05, 3.63) is 36.0 Å². The van der Waals surface area contributed by atoms with Crippen LogP contribution in [0.25, 0.3) is 10.9 Å². The molecule has 2 aromatic rings. The molecule has 0 saturated carbocycles. The lowest BCUT2D eigenvalue weighted by atomic mass is 10.1. The maximum atomic E-state index is 5.65. The van der Waals surface area contributed by atoms with Gasteiger partial charge in [0.15, 0.2) is 0 Å². The normalized spacial score (nSPS) is 10.6. The highest BCUT2D eigenvalue weighted by atomic mass is 15.0. The van der Waals surface area contributed by atoms with Crippen LogP contribution in [0.2, 0.25) is 0 Å². The number of nitrogens with zero attached hydrogens (tertiary/aromatic N) is 1. The number of terminal acetylenes is 1. The topological polar surface area (TPSA) is 30.9 Å². The van der Waals surface area contributed by atoms with Crippen LogP contribution in [0, 0.1) is 12.3 Å². The molecule has 0 aliphatic carbocycles. The van der Waals surface area contributed by atoms with E-state index in [4.69, 9.17) is 12.2 Å². The van der Waals surface area contributed by atoms with Crippen LogP contribution in [0.15, 0.2) is 30.5 Å². The van der Waals surface area contributed by atoms with Crippen molar-refractivity contribution in [2.24, 2.45) is 5.73 Å². The first-order chi connectivity index (χ1) is 8.36. The Morgan fingerprint density at radius 2 is 2.12 bits per heavy atom. The maximum Gasteiger partial charge on any atom is 0.0483 e. The van der Waals surface area contributed by atoms with Gasteiger partial charge in [-0.1, -0.05) is 18.2 Å². The van der Waals surface area contributed by atoms with E-state index in [1.54, 1.807) is 0 Å². The number of benzene rings is 1. The van der Waals surface area contributed by atoms with E-state index in [2.05, 4.69) is 40.9 Å². The highest BCUT2D eigenvalue weighted by Crippen LogP contribution is 2.22. The van der Waals surface area contributed by atoms with E-state index in [1.165, 1.54) is 16.5 Å². The highest BCUT2D eigenvalue weighted by molar-refractivity contribution is 5.84. The van der Waals surface area contributed by atoms with Crippen molar-refractivity contribution in [2.75, 3.05) is 6.54 Å². The average Bonchev–Trinajstić information content (AvgIpc) is 2.70. The quantitative estimate of drug-likeness (QED) is 0.616. The van der Waals surface area contributed by atoms with Crippen molar-refractivity contribution in [3.8, 4) is 12.3 Å². The molecular weight excluding hydrogens is 208 g/mol. The van der Waals surface area contributed by atoms with Gasteiger partial charge in [0.25, 0.3) is 0 Å². The molecule has 0 spiro atoms. The van der Waals surface area contributed by atoms with Crippen LogP contribution < -0.4 is 5.73 Å². The third-order valence-electron chi connectivity index (χ3n) is 3.00. The fraction of sp³-hybridized carbons (Fsp3) is 0.333. The number of unbranched alkanes of at least 4 members (excludes halogenated alkanes) is 1. The Morgan fingerprint density at radius 3 is 2.88 bits per heavy atom. The Balaban J connectivity index is 2.32. The van der Waals surface area contributed by atoms with Gasteiger partial charge < -0.3 is 10.3 Å². The van der Waals surface area contributed by atoms with E-state index in [-0.39, 0.29) is 0 Å². The van der Waals surface area contributed by atoms with Gasteiger partial charge in [0.05, 0.1) is 0 Å². The molecule has 0 atom stereocenters. The van der Waals surface area contributed by atoms with Crippen LogP contribution >= 0.6 is 0 Å². The lowest BCUT2D eigenvalue weighted by Crippen LogP contribution is -2.02. The summed E-state index contributed by atoms with van der Waals surface area (Å²) in [6, 6.07) is 8.48. The molecule has 1 aromatic carbocycles. The fourth-order valence-corrected chi connectivity index (χ4v) is 2.21. The number of hydrogen-bond donors (Lipinski definition) is 1. The van der Waals surface area contributed by atoms with Crippen LogP contribution in [-0.4, -0.2) is 11.1 Å². The molecule has 0 saturated heterocycles. The predicted molar refractivity (Wildman–Crippen MR) is 72.8 cm³/mol. The predicted octanol–water partition coefficient (Wildman–Crippen LogP) is 2.56. The Hall–Kier alpha value is -1.72. The molecule has 2 N–H and O–H groups in total. The molecule has 2 heteroatoms. The molecule has 0 bridgehead atoms. The van der Waals surface area contributed by atoms with E-state index in [9.17, 15) is 0 Å². The number of nitrogens with two attached hydrogens (primary N) is 1. The summed E-state index contributed by atoms with van der Waals surface area (Å²) in [7, 11) is 0. The van der Waals surface area contributed by atoms with Gasteiger partial charge in [-0.25, -0.2) is 0 Å². The van der Waals surface area contributed by atoms with Crippen molar-refractivity contribution in [1.29, 1.82) is 0 Å². The zero-order valence-corrected chi connectivity index (χ0v) is 10.0. The first-order valence-electron chi connectivity index (χ1n) is 6.07. The molecule has 0 amide bonds. The Bertz CT molecular complexity index is 531. The SMILES string of the molecule is C#CCCCn1cc(CCN)c2ccccc21. The molecule has 0 fully saturated rings. The maximum absolute atomic E-state index is 5.65. The molecule has 1 aromatic heterocycles. The highest BCUT2D eigenvalue weighted by Gasteiger charge is 2.06. The summed E-state index contributed by atoms with van der Waals surface area (Å²) in [6.45, 7) is 1.67. The number of rotatable bonds is 5. The molecule has 1 heterocycles. The molecule has 0 radical (unpaired) electrons. The molecule has 2 nitrogen and oxygen atoms in total. The summed E-state index contributed by atoms with van der Waals surface area (Å²) in [6.07, 6.45) is 10.3. The van der Waals surface area contributed by atoms with Gasteiger partial charge in [-0.05, 0) is 31.0 Å². The van der Waals surface area contributed by atoms with Crippen molar-refractivity contribution in [3.63, 3.8) is 0 Å². The van der Waals surface area contributed by atoms with Gasteiger partial charge in [-0.3, -0.25) is 0 Å². The van der Waals surface area contributed by atoms with Crippen LogP contribution in [0.3, 0.4) is 0 Å². The van der Waals surface area contributed by atoms with Crippen molar-refractivity contribution in [1.82, 2.24) is 4.57 Å². The summed E-state index contributed by atoms with van der Waals surface area (Å²) in [4.78, 5) is 0. The lowest BCUT2D eigenvalue weighted by Gasteiger charge is -2.02. The number of hydrogen-bond acceptors (Lipinski definition) is 1. The summed E-state index contributed by atoms with van der Waals surface area (Å²) >= 11 is 0. The third-order valence-corrected chi connectivity index (χ3v) is 3.00. The molecule has 2 rings (SSSR count). The lowest BCUT2D eigenvalue weighted by molar-refractivity contribution is 0.674. The monoisotopic (exact) mass is 226 g/mol. The Morgan fingerprint density at radius 1 is 1.29 bits per heavy atom. The Labute approximate surface area is 102 Å². The molecule has 0 unspecified atom stereocenters. The smallest absolute Gasteiger partial charge is 0.0483 e. The number of aryl methyl sites for hydroxylation is 1. The molecule has 0 aliphatic rings. The van der Waals surface area contributed by atoms with Gasteiger partial charge in [-0.2, -0.15) is 0 Å². The van der Waals surface area contributed by atoms with E-state index in [0.717, 1.165) is 25.8 Å². The zero-order chi connectivity index (χ0) is 12.1. The summed E-state index contributed by atoms with van der Waals surface area (Å²) in [5, 5.41) is 1.32. The first kappa shape index (κ1) is 11.8. The zero-order valence-electron chi connectivity index (χ0n) is 10.0. The second-order valence-electron chi connectivity index (χ2n) is 4.21. The third kappa shape index (κ3) is 2.51. The summed E-state index contributed by atoms with van der Waals surface area (Å²) in [5.74, 6) is 2.68. The second-order valence-corrected chi connectivity index (χ2v) is 4.21.